The van der Waals surface area contributed by atoms with Gasteiger partial charge in [0.15, 0.2) is 0 Å². The van der Waals surface area contributed by atoms with Crippen molar-refractivity contribution in [2.45, 2.75) is 26.2 Å². The fourth-order valence-corrected chi connectivity index (χ4v) is 7.35. The maximum absolute atomic E-state index is 6.54. The number of fused-ring (bicyclic) bond motifs is 9. The second-order valence-electron chi connectivity index (χ2n) is 9.71. The molecule has 0 aromatic heterocycles. The number of hydrogen-bond acceptors (Lipinski definition) is 1. The van der Waals surface area contributed by atoms with Gasteiger partial charge in [-0.05, 0) is 66.4 Å². The van der Waals surface area contributed by atoms with E-state index in [1.165, 1.54) is 30.4 Å². The summed E-state index contributed by atoms with van der Waals surface area (Å²) < 4.78 is 6.54. The quantitative estimate of drug-likeness (QED) is 0.467. The number of ether oxygens (including phenoxy) is 1. The molecule has 0 amide bonds. The van der Waals surface area contributed by atoms with Crippen LogP contribution >= 0.6 is 0 Å². The molecule has 1 heteroatoms. The van der Waals surface area contributed by atoms with E-state index in [0.29, 0.717) is 5.41 Å². The van der Waals surface area contributed by atoms with E-state index in [2.05, 4.69) is 73.7 Å². The molecule has 0 saturated heterocycles. The third-order valence-corrected chi connectivity index (χ3v) is 8.30. The first-order valence-corrected chi connectivity index (χ1v) is 10.7. The molecule has 3 saturated carbocycles. The van der Waals surface area contributed by atoms with Crippen LogP contribution in [0.2, 0.25) is 0 Å². The summed E-state index contributed by atoms with van der Waals surface area (Å²) in [4.78, 5) is 0. The van der Waals surface area contributed by atoms with Gasteiger partial charge in [-0.25, -0.2) is 0 Å². The molecule has 0 aliphatic heterocycles. The maximum atomic E-state index is 6.54. The van der Waals surface area contributed by atoms with Crippen LogP contribution < -0.4 is 4.74 Å². The van der Waals surface area contributed by atoms with Gasteiger partial charge in [0.1, 0.15) is 5.75 Å². The summed E-state index contributed by atoms with van der Waals surface area (Å²) in [5.74, 6) is 6.54. The smallest absolute Gasteiger partial charge is 0.127 e. The first-order valence-electron chi connectivity index (χ1n) is 10.7. The Hall–Kier alpha value is -2.02. The number of para-hydroxylation sites is 1. The fourth-order valence-electron chi connectivity index (χ4n) is 7.35. The highest BCUT2D eigenvalue weighted by Crippen LogP contribution is 2.70. The molecule has 0 N–H and O–H groups in total. The Morgan fingerprint density at radius 1 is 0.889 bits per heavy atom. The summed E-state index contributed by atoms with van der Waals surface area (Å²) in [6.07, 6.45) is 9.33. The lowest BCUT2D eigenvalue weighted by molar-refractivity contribution is 0.0319. The molecule has 6 rings (SSSR count). The molecule has 0 heterocycles. The molecule has 4 aliphatic rings. The summed E-state index contributed by atoms with van der Waals surface area (Å²) in [5, 5.41) is 0. The van der Waals surface area contributed by atoms with Gasteiger partial charge in [-0.2, -0.15) is 0 Å². The van der Waals surface area contributed by atoms with E-state index in [-0.39, 0.29) is 0 Å². The lowest BCUT2D eigenvalue weighted by atomic mass is 9.63. The van der Waals surface area contributed by atoms with E-state index in [1.54, 1.807) is 0 Å². The summed E-state index contributed by atoms with van der Waals surface area (Å²) in [6.45, 7) is 3.37. The summed E-state index contributed by atoms with van der Waals surface area (Å²) in [7, 11) is 0. The molecule has 4 aliphatic carbocycles. The zero-order chi connectivity index (χ0) is 18.0. The standard InChI is InChI=1S/C26H28O/c1-26(15-20-14-22(26)25-19-12-11-18(13-19)24(20)25)16-27-23-10-6-5-9-21(23)17-7-3-2-4-8-17/h2-12,18-20,22,24-25H,13-16H2,1H3. The first kappa shape index (κ1) is 16.0. The van der Waals surface area contributed by atoms with Crippen LogP contribution in [0.25, 0.3) is 11.1 Å². The van der Waals surface area contributed by atoms with Crippen LogP contribution in [0.5, 0.6) is 5.75 Å². The van der Waals surface area contributed by atoms with Crippen LogP contribution in [-0.2, 0) is 0 Å². The lowest BCUT2D eigenvalue weighted by Crippen LogP contribution is -2.40. The maximum Gasteiger partial charge on any atom is 0.127 e. The predicted octanol–water partition coefficient (Wildman–Crippen LogP) is 6.22. The van der Waals surface area contributed by atoms with Gasteiger partial charge in [-0.15, -0.1) is 0 Å². The molecule has 1 nitrogen and oxygen atoms in total. The highest BCUT2D eigenvalue weighted by Gasteiger charge is 2.64. The average Bonchev–Trinajstić information content (AvgIpc) is 3.46. The molecule has 4 bridgehead atoms. The van der Waals surface area contributed by atoms with Crippen molar-refractivity contribution in [1.82, 2.24) is 0 Å². The van der Waals surface area contributed by atoms with Crippen LogP contribution in [0.3, 0.4) is 0 Å². The predicted molar refractivity (Wildman–Crippen MR) is 109 cm³/mol. The van der Waals surface area contributed by atoms with E-state index >= 15 is 0 Å². The van der Waals surface area contributed by atoms with E-state index < -0.39 is 0 Å². The van der Waals surface area contributed by atoms with E-state index in [4.69, 9.17) is 4.74 Å². The molecule has 3 fully saturated rings. The first-order chi connectivity index (χ1) is 13.2. The molecule has 0 radical (unpaired) electrons. The van der Waals surface area contributed by atoms with Gasteiger partial charge >= 0.3 is 0 Å². The summed E-state index contributed by atoms with van der Waals surface area (Å²) >= 11 is 0. The second-order valence-corrected chi connectivity index (χ2v) is 9.71. The van der Waals surface area contributed by atoms with E-state index in [9.17, 15) is 0 Å². The Morgan fingerprint density at radius 2 is 1.63 bits per heavy atom. The minimum Gasteiger partial charge on any atom is -0.492 e. The Bertz CT molecular complexity index is 884. The van der Waals surface area contributed by atoms with Crippen LogP contribution in [0.15, 0.2) is 66.7 Å². The molecule has 0 spiro atoms. The highest BCUT2D eigenvalue weighted by atomic mass is 16.5. The third-order valence-electron chi connectivity index (χ3n) is 8.30. The second kappa shape index (κ2) is 5.74. The van der Waals surface area contributed by atoms with Crippen LogP contribution in [0.4, 0.5) is 0 Å². The Morgan fingerprint density at radius 3 is 2.48 bits per heavy atom. The Labute approximate surface area is 162 Å². The van der Waals surface area contributed by atoms with Crippen molar-refractivity contribution in [2.24, 2.45) is 40.9 Å². The van der Waals surface area contributed by atoms with Crippen molar-refractivity contribution in [3.8, 4) is 16.9 Å². The van der Waals surface area contributed by atoms with Gasteiger partial charge in [0.25, 0.3) is 0 Å². The molecule has 2 aromatic carbocycles. The number of allylic oxidation sites excluding steroid dienone is 2. The minimum atomic E-state index is 0.341. The minimum absolute atomic E-state index is 0.341. The van der Waals surface area contributed by atoms with Crippen molar-refractivity contribution in [3.05, 3.63) is 66.7 Å². The monoisotopic (exact) mass is 356 g/mol. The summed E-state index contributed by atoms with van der Waals surface area (Å²) in [5.41, 5.74) is 2.80. The average molecular weight is 357 g/mol. The molecule has 7 atom stereocenters. The molecule has 138 valence electrons. The Kier molecular flexibility index (Phi) is 3.40. The molecular formula is C26H28O. The van der Waals surface area contributed by atoms with Crippen LogP contribution in [0, 0.1) is 40.9 Å². The van der Waals surface area contributed by atoms with Gasteiger partial charge < -0.3 is 4.74 Å². The topological polar surface area (TPSA) is 9.23 Å². The number of benzene rings is 2. The van der Waals surface area contributed by atoms with Crippen molar-refractivity contribution in [2.75, 3.05) is 6.61 Å². The Balaban J connectivity index is 1.24. The van der Waals surface area contributed by atoms with E-state index in [0.717, 1.165) is 47.9 Å². The molecule has 2 aromatic rings. The highest BCUT2D eigenvalue weighted by molar-refractivity contribution is 5.70. The molecule has 7 unspecified atom stereocenters. The zero-order valence-corrected chi connectivity index (χ0v) is 16.1. The van der Waals surface area contributed by atoms with Gasteiger partial charge in [0, 0.05) is 11.0 Å². The van der Waals surface area contributed by atoms with Gasteiger partial charge in [0.2, 0.25) is 0 Å². The number of hydrogen-bond donors (Lipinski definition) is 0. The number of rotatable bonds is 4. The van der Waals surface area contributed by atoms with Crippen molar-refractivity contribution >= 4 is 0 Å². The van der Waals surface area contributed by atoms with Crippen molar-refractivity contribution < 1.29 is 4.74 Å². The summed E-state index contributed by atoms with van der Waals surface area (Å²) in [6, 6.07) is 19.2. The van der Waals surface area contributed by atoms with Crippen molar-refractivity contribution in [3.63, 3.8) is 0 Å². The zero-order valence-electron chi connectivity index (χ0n) is 16.1. The van der Waals surface area contributed by atoms with Gasteiger partial charge in [0.05, 0.1) is 6.61 Å². The lowest BCUT2D eigenvalue weighted by Gasteiger charge is -2.43. The molecule has 27 heavy (non-hydrogen) atoms. The largest absolute Gasteiger partial charge is 0.492 e. The van der Waals surface area contributed by atoms with Crippen LogP contribution in [0.1, 0.15) is 26.2 Å². The van der Waals surface area contributed by atoms with Gasteiger partial charge in [-0.1, -0.05) is 67.6 Å². The SMILES string of the molecule is CC1(COc2ccccc2-c2ccccc2)CC2CC1C1C3C=CC(C3)C21. The van der Waals surface area contributed by atoms with Crippen LogP contribution in [-0.4, -0.2) is 6.61 Å². The fraction of sp³-hybridized carbons (Fsp3) is 0.462. The van der Waals surface area contributed by atoms with E-state index in [1.807, 2.05) is 0 Å². The third kappa shape index (κ3) is 2.30. The molecular weight excluding hydrogens is 328 g/mol. The van der Waals surface area contributed by atoms with Crippen molar-refractivity contribution in [1.29, 1.82) is 0 Å². The normalized spacial score (nSPS) is 40.5. The van der Waals surface area contributed by atoms with Gasteiger partial charge in [-0.3, -0.25) is 0 Å².